The first-order valence-corrected chi connectivity index (χ1v) is 14.9. The highest BCUT2D eigenvalue weighted by molar-refractivity contribution is 6.76. The summed E-state index contributed by atoms with van der Waals surface area (Å²) in [5, 5.41) is 1.02. The second-order valence-electron chi connectivity index (χ2n) is 9.01. The number of hydrogen-bond acceptors (Lipinski definition) is 5. The summed E-state index contributed by atoms with van der Waals surface area (Å²) in [7, 11) is -1.12. The molecule has 3 aromatic rings. The quantitative estimate of drug-likeness (QED) is 0.289. The number of aromatic nitrogens is 3. The Bertz CT molecular complexity index is 946. The van der Waals surface area contributed by atoms with Crippen LogP contribution < -0.4 is 4.74 Å². The highest BCUT2D eigenvalue weighted by Crippen LogP contribution is 2.28. The van der Waals surface area contributed by atoms with Gasteiger partial charge in [0.05, 0.1) is 5.69 Å². The maximum Gasteiger partial charge on any atom is 0.145 e. The standard InChI is InChI=1S/C24H36N4O2Si/c1-6-27(7-2)12-13-30-22-10-8-20(9-11-22)23-16-21-17-25-18-26-24(21)28(23)19-29-14-15-31(3,4)5/h8-11,16-18H,6-7,12-15,19H2,1-5H3. The van der Waals surface area contributed by atoms with Gasteiger partial charge in [0.1, 0.15) is 31.1 Å². The van der Waals surface area contributed by atoms with Gasteiger partial charge >= 0.3 is 0 Å². The molecule has 31 heavy (non-hydrogen) atoms. The highest BCUT2D eigenvalue weighted by Gasteiger charge is 2.15. The predicted octanol–water partition coefficient (Wildman–Crippen LogP) is 5.13. The second-order valence-corrected chi connectivity index (χ2v) is 14.6. The lowest BCUT2D eigenvalue weighted by molar-refractivity contribution is 0.0909. The molecular weight excluding hydrogens is 404 g/mol. The molecule has 0 amide bonds. The molecule has 3 rings (SSSR count). The van der Waals surface area contributed by atoms with Crippen molar-refractivity contribution in [2.45, 2.75) is 46.3 Å². The van der Waals surface area contributed by atoms with Crippen molar-refractivity contribution in [1.29, 1.82) is 0 Å². The van der Waals surface area contributed by atoms with E-state index in [-0.39, 0.29) is 0 Å². The van der Waals surface area contributed by atoms with Crippen molar-refractivity contribution in [2.24, 2.45) is 0 Å². The van der Waals surface area contributed by atoms with Gasteiger partial charge in [-0.05, 0) is 55.0 Å². The summed E-state index contributed by atoms with van der Waals surface area (Å²) >= 11 is 0. The Labute approximate surface area is 187 Å². The van der Waals surface area contributed by atoms with E-state index in [1.54, 1.807) is 6.33 Å². The Morgan fingerprint density at radius 1 is 1.03 bits per heavy atom. The number of ether oxygens (including phenoxy) is 2. The second kappa shape index (κ2) is 10.9. The van der Waals surface area contributed by atoms with E-state index in [0.717, 1.165) is 60.3 Å². The van der Waals surface area contributed by atoms with Crippen molar-refractivity contribution in [3.05, 3.63) is 42.9 Å². The van der Waals surface area contributed by atoms with E-state index in [2.05, 4.69) is 71.1 Å². The Morgan fingerprint density at radius 2 is 1.77 bits per heavy atom. The van der Waals surface area contributed by atoms with Gasteiger partial charge in [0.15, 0.2) is 0 Å². The molecule has 0 saturated carbocycles. The maximum atomic E-state index is 6.05. The van der Waals surface area contributed by atoms with E-state index in [1.165, 1.54) is 0 Å². The van der Waals surface area contributed by atoms with Crippen molar-refractivity contribution < 1.29 is 9.47 Å². The van der Waals surface area contributed by atoms with Crippen LogP contribution in [-0.2, 0) is 11.5 Å². The molecule has 0 aliphatic heterocycles. The normalized spacial score (nSPS) is 12.1. The molecule has 0 atom stereocenters. The summed E-state index contributed by atoms with van der Waals surface area (Å²) < 4.78 is 14.1. The fraction of sp³-hybridized carbons (Fsp3) is 0.500. The van der Waals surface area contributed by atoms with Gasteiger partial charge in [-0.2, -0.15) is 0 Å². The van der Waals surface area contributed by atoms with Crippen LogP contribution in [0.25, 0.3) is 22.3 Å². The van der Waals surface area contributed by atoms with Gasteiger partial charge in [-0.1, -0.05) is 33.5 Å². The molecule has 1 aromatic carbocycles. The predicted molar refractivity (Wildman–Crippen MR) is 130 cm³/mol. The number of hydrogen-bond donors (Lipinski definition) is 0. The van der Waals surface area contributed by atoms with E-state index in [0.29, 0.717) is 13.3 Å². The van der Waals surface area contributed by atoms with Crippen LogP contribution in [0.3, 0.4) is 0 Å². The van der Waals surface area contributed by atoms with E-state index >= 15 is 0 Å². The van der Waals surface area contributed by atoms with Crippen LogP contribution in [0, 0.1) is 0 Å². The van der Waals surface area contributed by atoms with Crippen LogP contribution in [0.15, 0.2) is 42.9 Å². The smallest absolute Gasteiger partial charge is 0.145 e. The molecule has 2 aromatic heterocycles. The van der Waals surface area contributed by atoms with Crippen molar-refractivity contribution in [2.75, 3.05) is 32.8 Å². The maximum absolute atomic E-state index is 6.05. The Kier molecular flexibility index (Phi) is 8.23. The number of nitrogens with zero attached hydrogens (tertiary/aromatic N) is 4. The summed E-state index contributed by atoms with van der Waals surface area (Å²) in [6.07, 6.45) is 3.45. The largest absolute Gasteiger partial charge is 0.492 e. The Morgan fingerprint density at radius 3 is 2.45 bits per heavy atom. The molecule has 0 unspecified atom stereocenters. The fourth-order valence-corrected chi connectivity index (χ4v) is 4.22. The van der Waals surface area contributed by atoms with Gasteiger partial charge < -0.3 is 18.9 Å². The lowest BCUT2D eigenvalue weighted by Gasteiger charge is -2.18. The summed E-state index contributed by atoms with van der Waals surface area (Å²) in [5.41, 5.74) is 3.10. The van der Waals surface area contributed by atoms with E-state index in [1.807, 2.05) is 18.3 Å². The third-order valence-electron chi connectivity index (χ3n) is 5.49. The number of likely N-dealkylation sites (N-methyl/N-ethyl adjacent to an activating group) is 1. The number of rotatable bonds is 12. The SMILES string of the molecule is CCN(CC)CCOc1ccc(-c2cc3cncnc3n2COCC[Si](C)(C)C)cc1. The minimum atomic E-state index is -1.12. The molecule has 0 fully saturated rings. The van der Waals surface area contributed by atoms with Gasteiger partial charge in [-0.15, -0.1) is 0 Å². The molecule has 0 radical (unpaired) electrons. The topological polar surface area (TPSA) is 52.4 Å². The molecule has 0 aliphatic carbocycles. The van der Waals surface area contributed by atoms with Crippen molar-refractivity contribution in [3.8, 4) is 17.0 Å². The van der Waals surface area contributed by atoms with Crippen LogP contribution in [0.4, 0.5) is 0 Å². The first-order chi connectivity index (χ1) is 14.9. The molecule has 0 N–H and O–H groups in total. The molecule has 0 saturated heterocycles. The Balaban J connectivity index is 1.72. The molecule has 6 nitrogen and oxygen atoms in total. The molecule has 168 valence electrons. The molecule has 0 bridgehead atoms. The zero-order valence-electron chi connectivity index (χ0n) is 19.6. The lowest BCUT2D eigenvalue weighted by Crippen LogP contribution is -2.27. The highest BCUT2D eigenvalue weighted by atomic mass is 28.3. The van der Waals surface area contributed by atoms with Crippen LogP contribution >= 0.6 is 0 Å². The average molecular weight is 441 g/mol. The summed E-state index contributed by atoms with van der Waals surface area (Å²) in [6, 6.07) is 11.6. The van der Waals surface area contributed by atoms with Gasteiger partial charge in [-0.3, -0.25) is 0 Å². The summed E-state index contributed by atoms with van der Waals surface area (Å²) in [4.78, 5) is 11.0. The van der Waals surface area contributed by atoms with Crippen LogP contribution in [0.1, 0.15) is 13.8 Å². The third-order valence-corrected chi connectivity index (χ3v) is 7.20. The molecule has 2 heterocycles. The fourth-order valence-electron chi connectivity index (χ4n) is 3.46. The zero-order chi connectivity index (χ0) is 22.3. The number of fused-ring (bicyclic) bond motifs is 1. The first kappa shape index (κ1) is 23.4. The summed E-state index contributed by atoms with van der Waals surface area (Å²) in [5.74, 6) is 0.893. The zero-order valence-corrected chi connectivity index (χ0v) is 20.6. The van der Waals surface area contributed by atoms with Gasteiger partial charge in [0.25, 0.3) is 0 Å². The van der Waals surface area contributed by atoms with Crippen molar-refractivity contribution in [3.63, 3.8) is 0 Å². The van der Waals surface area contributed by atoms with E-state index in [4.69, 9.17) is 9.47 Å². The van der Waals surface area contributed by atoms with Crippen LogP contribution in [-0.4, -0.2) is 60.4 Å². The molecule has 7 heteroatoms. The number of benzene rings is 1. The molecule has 0 aliphatic rings. The first-order valence-electron chi connectivity index (χ1n) is 11.2. The molecule has 0 spiro atoms. The minimum Gasteiger partial charge on any atom is -0.492 e. The van der Waals surface area contributed by atoms with E-state index in [9.17, 15) is 0 Å². The van der Waals surface area contributed by atoms with Gasteiger partial charge in [0, 0.05) is 32.8 Å². The Hall–Kier alpha value is -2.22. The average Bonchev–Trinajstić information content (AvgIpc) is 3.13. The van der Waals surface area contributed by atoms with Crippen LogP contribution in [0.2, 0.25) is 25.7 Å². The van der Waals surface area contributed by atoms with Crippen molar-refractivity contribution in [1.82, 2.24) is 19.4 Å². The molecular formula is C24H36N4O2Si. The van der Waals surface area contributed by atoms with Gasteiger partial charge in [0.2, 0.25) is 0 Å². The van der Waals surface area contributed by atoms with Crippen molar-refractivity contribution >= 4 is 19.1 Å². The monoisotopic (exact) mass is 440 g/mol. The lowest BCUT2D eigenvalue weighted by atomic mass is 10.1. The minimum absolute atomic E-state index is 0.489. The van der Waals surface area contributed by atoms with Crippen LogP contribution in [0.5, 0.6) is 5.75 Å². The van der Waals surface area contributed by atoms with E-state index < -0.39 is 8.07 Å². The van der Waals surface area contributed by atoms with Gasteiger partial charge in [-0.25, -0.2) is 9.97 Å². The third kappa shape index (κ3) is 6.63. The summed E-state index contributed by atoms with van der Waals surface area (Å²) in [6.45, 7) is 16.5.